The van der Waals surface area contributed by atoms with Crippen molar-refractivity contribution in [1.82, 2.24) is 25.1 Å². The van der Waals surface area contributed by atoms with Gasteiger partial charge in [0.05, 0.1) is 30.4 Å². The first-order valence-electron chi connectivity index (χ1n) is 10.3. The molecule has 0 aliphatic carbocycles. The topological polar surface area (TPSA) is 70.6 Å². The van der Waals surface area contributed by atoms with E-state index in [9.17, 15) is 4.79 Å². The first-order valence-corrected chi connectivity index (χ1v) is 10.3. The lowest BCUT2D eigenvalue weighted by Crippen LogP contribution is -2.44. The van der Waals surface area contributed by atoms with E-state index in [1.165, 1.54) is 0 Å². The summed E-state index contributed by atoms with van der Waals surface area (Å²) < 4.78 is 5.41. The van der Waals surface area contributed by atoms with E-state index in [0.717, 1.165) is 76.4 Å². The average molecular weight is 383 g/mol. The fraction of sp³-hybridized carbons (Fsp3) is 0.571. The predicted octanol–water partition coefficient (Wildman–Crippen LogP) is 1.40. The molecule has 0 radical (unpaired) electrons. The molecule has 3 heterocycles. The molecule has 1 amide bonds. The number of piperidine rings is 1. The molecule has 1 N–H and O–H groups in total. The summed E-state index contributed by atoms with van der Waals surface area (Å²) in [6.45, 7) is 9.04. The van der Waals surface area contributed by atoms with Crippen molar-refractivity contribution < 1.29 is 9.53 Å². The largest absolute Gasteiger partial charge is 0.379 e. The summed E-state index contributed by atoms with van der Waals surface area (Å²) in [6, 6.07) is 7.61. The second-order valence-electron chi connectivity index (χ2n) is 7.69. The minimum atomic E-state index is -0.131. The van der Waals surface area contributed by atoms with Crippen LogP contribution in [0.2, 0.25) is 0 Å². The summed E-state index contributed by atoms with van der Waals surface area (Å²) in [5.41, 5.74) is 1.95. The third kappa shape index (κ3) is 5.04. The number of nitrogens with zero attached hydrogens (tertiary/aromatic N) is 4. The molecular weight excluding hydrogens is 354 g/mol. The first-order chi connectivity index (χ1) is 13.8. The smallest absolute Gasteiger partial charge is 0.271 e. The number of benzene rings is 1. The van der Waals surface area contributed by atoms with E-state index in [1.807, 2.05) is 24.3 Å². The number of morpholine rings is 1. The number of likely N-dealkylation sites (tertiary alicyclic amines) is 1. The Bertz CT molecular complexity index is 785. The number of carbonyl (C=O) groups is 1. The van der Waals surface area contributed by atoms with Crippen molar-refractivity contribution in [2.75, 3.05) is 59.0 Å². The highest BCUT2D eigenvalue weighted by atomic mass is 16.5. The lowest BCUT2D eigenvalue weighted by atomic mass is 9.96. The van der Waals surface area contributed by atoms with Crippen molar-refractivity contribution in [3.8, 4) is 0 Å². The Morgan fingerprint density at radius 1 is 1.04 bits per heavy atom. The van der Waals surface area contributed by atoms with E-state index in [-0.39, 0.29) is 5.91 Å². The lowest BCUT2D eigenvalue weighted by molar-refractivity contribution is 0.0314. The quantitative estimate of drug-likeness (QED) is 0.813. The number of nitrogens with one attached hydrogen (secondary N) is 1. The van der Waals surface area contributed by atoms with E-state index in [1.54, 1.807) is 6.20 Å². The minimum Gasteiger partial charge on any atom is -0.379 e. The molecule has 0 spiro atoms. The van der Waals surface area contributed by atoms with Crippen LogP contribution in [-0.2, 0) is 4.74 Å². The monoisotopic (exact) mass is 383 g/mol. The molecule has 28 heavy (non-hydrogen) atoms. The molecule has 0 atom stereocenters. The summed E-state index contributed by atoms with van der Waals surface area (Å²) >= 11 is 0. The Balaban J connectivity index is 1.18. The summed E-state index contributed by atoms with van der Waals surface area (Å²) in [5, 5.41) is 3.05. The molecule has 2 saturated heterocycles. The molecule has 1 aromatic heterocycles. The van der Waals surface area contributed by atoms with Crippen molar-refractivity contribution in [3.63, 3.8) is 0 Å². The van der Waals surface area contributed by atoms with Gasteiger partial charge in [-0.05, 0) is 44.0 Å². The van der Waals surface area contributed by atoms with Gasteiger partial charge in [-0.15, -0.1) is 0 Å². The molecule has 2 fully saturated rings. The van der Waals surface area contributed by atoms with Crippen LogP contribution in [0, 0.1) is 5.92 Å². The maximum Gasteiger partial charge on any atom is 0.271 e. The fourth-order valence-corrected chi connectivity index (χ4v) is 3.92. The normalized spacial score (nSPS) is 19.7. The van der Waals surface area contributed by atoms with Gasteiger partial charge in [-0.25, -0.2) is 4.98 Å². The number of amides is 1. The van der Waals surface area contributed by atoms with Gasteiger partial charge >= 0.3 is 0 Å². The van der Waals surface area contributed by atoms with Gasteiger partial charge in [0.25, 0.3) is 5.91 Å². The molecule has 150 valence electrons. The van der Waals surface area contributed by atoms with Gasteiger partial charge in [0.15, 0.2) is 0 Å². The van der Waals surface area contributed by atoms with Gasteiger partial charge in [-0.1, -0.05) is 12.1 Å². The molecule has 0 unspecified atom stereocenters. The van der Waals surface area contributed by atoms with Crippen molar-refractivity contribution in [1.29, 1.82) is 0 Å². The highest BCUT2D eigenvalue weighted by molar-refractivity contribution is 5.93. The number of carbonyl (C=O) groups excluding carboxylic acids is 1. The van der Waals surface area contributed by atoms with E-state index < -0.39 is 0 Å². The summed E-state index contributed by atoms with van der Waals surface area (Å²) in [5.74, 6) is 0.407. The van der Waals surface area contributed by atoms with E-state index in [4.69, 9.17) is 4.74 Å². The number of hydrogen-bond donors (Lipinski definition) is 1. The van der Waals surface area contributed by atoms with Crippen LogP contribution in [0.3, 0.4) is 0 Å². The van der Waals surface area contributed by atoms with Crippen LogP contribution in [0.15, 0.2) is 30.5 Å². The van der Waals surface area contributed by atoms with Crippen LogP contribution in [0.25, 0.3) is 11.0 Å². The zero-order chi connectivity index (χ0) is 19.2. The highest BCUT2D eigenvalue weighted by Crippen LogP contribution is 2.16. The van der Waals surface area contributed by atoms with E-state index >= 15 is 0 Å². The highest BCUT2D eigenvalue weighted by Gasteiger charge is 2.21. The van der Waals surface area contributed by atoms with Gasteiger partial charge in [0.2, 0.25) is 0 Å². The number of rotatable bonds is 6. The Hall–Kier alpha value is -2.09. The molecule has 4 rings (SSSR count). The van der Waals surface area contributed by atoms with Crippen LogP contribution in [0.5, 0.6) is 0 Å². The molecule has 2 aliphatic rings. The number of para-hydroxylation sites is 2. The van der Waals surface area contributed by atoms with Crippen LogP contribution < -0.4 is 5.32 Å². The van der Waals surface area contributed by atoms with Crippen molar-refractivity contribution >= 4 is 16.9 Å². The average Bonchev–Trinajstić information content (AvgIpc) is 2.77. The number of aromatic nitrogens is 2. The predicted molar refractivity (Wildman–Crippen MR) is 108 cm³/mol. The molecule has 1 aromatic carbocycles. The van der Waals surface area contributed by atoms with Crippen LogP contribution >= 0.6 is 0 Å². The number of hydrogen-bond acceptors (Lipinski definition) is 6. The standard InChI is InChI=1S/C21H29N5O2/c27-21(20-16-22-18-3-1-2-4-19(18)24-20)23-15-17-5-7-25(8-6-17)9-10-26-11-13-28-14-12-26/h1-4,16-17H,5-15H2,(H,23,27). The van der Waals surface area contributed by atoms with Crippen molar-refractivity contribution in [2.45, 2.75) is 12.8 Å². The molecular formula is C21H29N5O2. The Labute approximate surface area is 166 Å². The zero-order valence-electron chi connectivity index (χ0n) is 16.3. The maximum absolute atomic E-state index is 12.4. The van der Waals surface area contributed by atoms with E-state index in [0.29, 0.717) is 18.2 Å². The third-order valence-electron chi connectivity index (χ3n) is 5.78. The van der Waals surface area contributed by atoms with E-state index in [2.05, 4.69) is 25.1 Å². The third-order valence-corrected chi connectivity index (χ3v) is 5.78. The SMILES string of the molecule is O=C(NCC1CCN(CCN2CCOCC2)CC1)c1cnc2ccccc2n1. The first kappa shape index (κ1) is 19.2. The lowest BCUT2D eigenvalue weighted by Gasteiger charge is -2.34. The summed E-state index contributed by atoms with van der Waals surface area (Å²) in [7, 11) is 0. The van der Waals surface area contributed by atoms with Gasteiger partial charge in [0, 0.05) is 32.7 Å². The van der Waals surface area contributed by atoms with Gasteiger partial charge in [-0.2, -0.15) is 0 Å². The zero-order valence-corrected chi connectivity index (χ0v) is 16.3. The number of fused-ring (bicyclic) bond motifs is 1. The Morgan fingerprint density at radius 2 is 1.71 bits per heavy atom. The Morgan fingerprint density at radius 3 is 2.46 bits per heavy atom. The molecule has 0 saturated carbocycles. The van der Waals surface area contributed by atoms with Crippen LogP contribution in [0.4, 0.5) is 0 Å². The van der Waals surface area contributed by atoms with Crippen molar-refractivity contribution in [2.24, 2.45) is 5.92 Å². The molecule has 0 bridgehead atoms. The molecule has 2 aliphatic heterocycles. The van der Waals surface area contributed by atoms with Gasteiger partial charge in [-0.3, -0.25) is 14.7 Å². The maximum atomic E-state index is 12.4. The second kappa shape index (κ2) is 9.41. The summed E-state index contributed by atoms with van der Waals surface area (Å²) in [4.78, 5) is 26.2. The van der Waals surface area contributed by atoms with Crippen LogP contribution in [-0.4, -0.2) is 84.7 Å². The number of ether oxygens (including phenoxy) is 1. The fourth-order valence-electron chi connectivity index (χ4n) is 3.92. The summed E-state index contributed by atoms with van der Waals surface area (Å²) in [6.07, 6.45) is 3.82. The molecule has 7 heteroatoms. The second-order valence-corrected chi connectivity index (χ2v) is 7.69. The van der Waals surface area contributed by atoms with Gasteiger partial charge in [0.1, 0.15) is 5.69 Å². The molecule has 7 nitrogen and oxygen atoms in total. The Kier molecular flexibility index (Phi) is 6.46. The van der Waals surface area contributed by atoms with Crippen molar-refractivity contribution in [3.05, 3.63) is 36.2 Å². The van der Waals surface area contributed by atoms with Crippen LogP contribution in [0.1, 0.15) is 23.3 Å². The minimum absolute atomic E-state index is 0.131. The van der Waals surface area contributed by atoms with Gasteiger partial charge < -0.3 is 15.0 Å². The molecule has 2 aromatic rings.